The van der Waals surface area contributed by atoms with Crippen LogP contribution in [0, 0.1) is 0 Å². The van der Waals surface area contributed by atoms with Crippen LogP contribution < -0.4 is 5.73 Å². The highest BCUT2D eigenvalue weighted by atomic mass is 19.4. The summed E-state index contributed by atoms with van der Waals surface area (Å²) in [5.41, 5.74) is 5.96. The fourth-order valence-corrected chi connectivity index (χ4v) is 1.27. The van der Waals surface area contributed by atoms with Crippen LogP contribution in [-0.2, 0) is 11.8 Å². The molecule has 1 aromatic rings. The van der Waals surface area contributed by atoms with Gasteiger partial charge in [0, 0.05) is 17.9 Å². The summed E-state index contributed by atoms with van der Waals surface area (Å²) < 4.78 is 36.3. The van der Waals surface area contributed by atoms with Crippen LogP contribution in [0.4, 0.5) is 19.0 Å². The molecule has 0 aliphatic heterocycles. The fourth-order valence-electron chi connectivity index (χ4n) is 1.27. The summed E-state index contributed by atoms with van der Waals surface area (Å²) >= 11 is 0. The molecule has 0 aliphatic rings. The molecule has 17 heavy (non-hydrogen) atoms. The van der Waals surface area contributed by atoms with Crippen molar-refractivity contribution in [3.8, 4) is 0 Å². The Bertz CT molecular complexity index is 394. The molecule has 1 aromatic heterocycles. The van der Waals surface area contributed by atoms with E-state index in [-0.39, 0.29) is 23.5 Å². The van der Waals surface area contributed by atoms with Gasteiger partial charge in [-0.1, -0.05) is 20.8 Å². The molecular formula is C11H16F3N3. The second-order valence-electron chi connectivity index (χ2n) is 4.96. The Morgan fingerprint density at radius 3 is 2.24 bits per heavy atom. The number of nitrogens with zero attached hydrogens (tertiary/aromatic N) is 2. The maximum absolute atomic E-state index is 12.1. The molecule has 0 fully saturated rings. The van der Waals surface area contributed by atoms with Gasteiger partial charge in [0.1, 0.15) is 11.6 Å². The number of aromatic nitrogens is 2. The third kappa shape index (κ3) is 4.58. The van der Waals surface area contributed by atoms with Gasteiger partial charge < -0.3 is 5.73 Å². The molecule has 2 N–H and O–H groups in total. The van der Waals surface area contributed by atoms with Crippen molar-refractivity contribution < 1.29 is 13.2 Å². The number of aryl methyl sites for hydroxylation is 1. The lowest BCUT2D eigenvalue weighted by Crippen LogP contribution is -2.17. The summed E-state index contributed by atoms with van der Waals surface area (Å²) in [7, 11) is 0. The Labute approximate surface area is 98.3 Å². The van der Waals surface area contributed by atoms with Crippen molar-refractivity contribution in [2.45, 2.75) is 45.2 Å². The van der Waals surface area contributed by atoms with E-state index in [0.29, 0.717) is 5.69 Å². The molecule has 0 radical (unpaired) electrons. The van der Waals surface area contributed by atoms with E-state index in [1.165, 1.54) is 0 Å². The van der Waals surface area contributed by atoms with Gasteiger partial charge in [-0.05, 0) is 0 Å². The Balaban J connectivity index is 2.91. The first kappa shape index (κ1) is 13.7. The van der Waals surface area contributed by atoms with Crippen LogP contribution in [0.2, 0.25) is 0 Å². The summed E-state index contributed by atoms with van der Waals surface area (Å²) in [6, 6.07) is 1.59. The molecule has 0 aliphatic carbocycles. The molecule has 0 saturated carbocycles. The number of hydrogen-bond donors (Lipinski definition) is 1. The van der Waals surface area contributed by atoms with Gasteiger partial charge in [0.15, 0.2) is 0 Å². The van der Waals surface area contributed by atoms with Crippen LogP contribution in [-0.4, -0.2) is 16.1 Å². The highest BCUT2D eigenvalue weighted by molar-refractivity contribution is 5.32. The highest BCUT2D eigenvalue weighted by Crippen LogP contribution is 2.24. The zero-order chi connectivity index (χ0) is 13.3. The average molecular weight is 247 g/mol. The van der Waals surface area contributed by atoms with Crippen molar-refractivity contribution in [1.29, 1.82) is 0 Å². The summed E-state index contributed by atoms with van der Waals surface area (Å²) in [4.78, 5) is 7.93. The molecule has 0 aromatic carbocycles. The lowest BCUT2D eigenvalue weighted by molar-refractivity contribution is -0.134. The van der Waals surface area contributed by atoms with Crippen LogP contribution >= 0.6 is 0 Å². The van der Waals surface area contributed by atoms with Crippen molar-refractivity contribution in [3.63, 3.8) is 0 Å². The molecule has 0 amide bonds. The topological polar surface area (TPSA) is 51.8 Å². The van der Waals surface area contributed by atoms with Gasteiger partial charge >= 0.3 is 6.18 Å². The molecule has 0 atom stereocenters. The third-order valence-corrected chi connectivity index (χ3v) is 2.19. The van der Waals surface area contributed by atoms with Crippen LogP contribution in [0.5, 0.6) is 0 Å². The van der Waals surface area contributed by atoms with Gasteiger partial charge in [0.05, 0.1) is 12.1 Å². The summed E-state index contributed by atoms with van der Waals surface area (Å²) in [6.45, 7) is 5.76. The van der Waals surface area contributed by atoms with E-state index in [9.17, 15) is 13.2 Å². The number of rotatable bonds is 2. The Morgan fingerprint density at radius 1 is 1.18 bits per heavy atom. The van der Waals surface area contributed by atoms with Crippen LogP contribution in [0.15, 0.2) is 6.07 Å². The second-order valence-corrected chi connectivity index (χ2v) is 4.96. The first-order valence-corrected chi connectivity index (χ1v) is 5.28. The van der Waals surface area contributed by atoms with E-state index >= 15 is 0 Å². The van der Waals surface area contributed by atoms with Crippen molar-refractivity contribution in [2.75, 3.05) is 5.73 Å². The highest BCUT2D eigenvalue weighted by Gasteiger charge is 2.27. The Kier molecular flexibility index (Phi) is 3.64. The minimum atomic E-state index is -4.20. The number of halogens is 3. The predicted octanol–water partition coefficient (Wildman–Crippen LogP) is 2.85. The van der Waals surface area contributed by atoms with Gasteiger partial charge in [-0.15, -0.1) is 0 Å². The van der Waals surface area contributed by atoms with Crippen LogP contribution in [0.25, 0.3) is 0 Å². The number of anilines is 1. The Morgan fingerprint density at radius 2 is 1.76 bits per heavy atom. The summed E-state index contributed by atoms with van der Waals surface area (Å²) in [5, 5.41) is 0. The second kappa shape index (κ2) is 4.50. The van der Waals surface area contributed by atoms with E-state index < -0.39 is 12.6 Å². The van der Waals surface area contributed by atoms with Crippen molar-refractivity contribution in [3.05, 3.63) is 17.6 Å². The zero-order valence-electron chi connectivity index (χ0n) is 10.1. The lowest BCUT2D eigenvalue weighted by atomic mass is 9.92. The molecule has 3 nitrogen and oxygen atoms in total. The van der Waals surface area contributed by atoms with Gasteiger partial charge in [0.2, 0.25) is 0 Å². The average Bonchev–Trinajstić information content (AvgIpc) is 2.11. The maximum atomic E-state index is 12.1. The van der Waals surface area contributed by atoms with Crippen molar-refractivity contribution >= 4 is 5.82 Å². The van der Waals surface area contributed by atoms with Crippen LogP contribution in [0.1, 0.15) is 38.7 Å². The monoisotopic (exact) mass is 247 g/mol. The molecule has 0 saturated heterocycles. The summed E-state index contributed by atoms with van der Waals surface area (Å²) in [5.74, 6) is 0.356. The lowest BCUT2D eigenvalue weighted by Gasteiger charge is -2.18. The maximum Gasteiger partial charge on any atom is 0.389 e. The molecule has 1 rings (SSSR count). The minimum absolute atomic E-state index is 0.146. The van der Waals surface area contributed by atoms with Crippen molar-refractivity contribution in [2.24, 2.45) is 0 Å². The number of hydrogen-bond acceptors (Lipinski definition) is 3. The molecule has 6 heteroatoms. The van der Waals surface area contributed by atoms with Gasteiger partial charge in [-0.25, -0.2) is 9.97 Å². The number of nitrogens with two attached hydrogens (primary N) is 1. The normalized spacial score (nSPS) is 12.8. The fraction of sp³-hybridized carbons (Fsp3) is 0.636. The molecule has 0 bridgehead atoms. The van der Waals surface area contributed by atoms with Crippen molar-refractivity contribution in [1.82, 2.24) is 9.97 Å². The zero-order valence-corrected chi connectivity index (χ0v) is 10.1. The summed E-state index contributed by atoms with van der Waals surface area (Å²) in [6.07, 6.45) is -5.37. The first-order valence-electron chi connectivity index (χ1n) is 5.28. The van der Waals surface area contributed by atoms with Gasteiger partial charge in [-0.2, -0.15) is 13.2 Å². The van der Waals surface area contributed by atoms with E-state index in [4.69, 9.17) is 5.73 Å². The molecule has 1 heterocycles. The largest absolute Gasteiger partial charge is 0.389 e. The molecule has 96 valence electrons. The SMILES string of the molecule is CC(C)(C)c1cc(N)nc(CCC(F)(F)F)n1. The smallest absolute Gasteiger partial charge is 0.384 e. The van der Waals surface area contributed by atoms with Gasteiger partial charge in [0.25, 0.3) is 0 Å². The number of nitrogen functional groups attached to an aromatic ring is 1. The number of alkyl halides is 3. The van der Waals surface area contributed by atoms with Crippen LogP contribution in [0.3, 0.4) is 0 Å². The molecular weight excluding hydrogens is 231 g/mol. The van der Waals surface area contributed by atoms with E-state index in [1.807, 2.05) is 20.8 Å². The van der Waals surface area contributed by atoms with E-state index in [2.05, 4.69) is 9.97 Å². The van der Waals surface area contributed by atoms with E-state index in [1.54, 1.807) is 6.07 Å². The standard InChI is InChI=1S/C11H16F3N3/c1-10(2,3)7-6-8(15)17-9(16-7)4-5-11(12,13)14/h6H,4-5H2,1-3H3,(H2,15,16,17). The minimum Gasteiger partial charge on any atom is -0.384 e. The quantitative estimate of drug-likeness (QED) is 0.874. The molecule has 0 unspecified atom stereocenters. The third-order valence-electron chi connectivity index (χ3n) is 2.19. The Hall–Kier alpha value is -1.33. The van der Waals surface area contributed by atoms with Gasteiger partial charge in [-0.3, -0.25) is 0 Å². The van der Waals surface area contributed by atoms with E-state index in [0.717, 1.165) is 0 Å². The molecule has 0 spiro atoms. The predicted molar refractivity (Wildman–Crippen MR) is 59.5 cm³/mol. The first-order chi connectivity index (χ1) is 7.58.